The van der Waals surface area contributed by atoms with E-state index in [1.165, 1.54) is 161 Å². The first-order valence-corrected chi connectivity index (χ1v) is 20.7. The van der Waals surface area contributed by atoms with Crippen LogP contribution in [-0.2, 0) is 14.3 Å². The number of unbranched alkanes of at least 4 members (excludes halogenated alkanes) is 27. The van der Waals surface area contributed by atoms with E-state index in [4.69, 9.17) is 9.84 Å². The molecule has 0 amide bonds. The summed E-state index contributed by atoms with van der Waals surface area (Å²) in [7, 11) is 0. The number of carboxylic acids is 1. The van der Waals surface area contributed by atoms with E-state index < -0.39 is 5.97 Å². The van der Waals surface area contributed by atoms with Gasteiger partial charge in [-0.05, 0) is 64.2 Å². The number of hydrogen-bond donors (Lipinski definition) is 1. The van der Waals surface area contributed by atoms with Gasteiger partial charge in [0.1, 0.15) is 6.10 Å². The summed E-state index contributed by atoms with van der Waals surface area (Å²) in [5.41, 5.74) is 0. The summed E-state index contributed by atoms with van der Waals surface area (Å²) in [5, 5.41) is 8.88. The van der Waals surface area contributed by atoms with Gasteiger partial charge in [-0.1, -0.05) is 174 Å². The maximum Gasteiger partial charge on any atom is 0.306 e. The van der Waals surface area contributed by atoms with Gasteiger partial charge in [-0.25, -0.2) is 0 Å². The molecule has 46 heavy (non-hydrogen) atoms. The van der Waals surface area contributed by atoms with Crippen molar-refractivity contribution in [2.75, 3.05) is 0 Å². The summed E-state index contributed by atoms with van der Waals surface area (Å²) in [5.74, 6) is -0.750. The smallest absolute Gasteiger partial charge is 0.306 e. The van der Waals surface area contributed by atoms with Crippen LogP contribution in [0.25, 0.3) is 0 Å². The molecule has 0 heterocycles. The summed E-state index contributed by atoms with van der Waals surface area (Å²) in [6.07, 6.45) is 46.7. The van der Waals surface area contributed by atoms with Crippen LogP contribution in [-0.4, -0.2) is 23.1 Å². The van der Waals surface area contributed by atoms with Gasteiger partial charge < -0.3 is 9.84 Å². The normalized spacial score (nSPS) is 12.2. The monoisotopic (exact) mass is 649 g/mol. The van der Waals surface area contributed by atoms with E-state index >= 15 is 0 Å². The predicted octanol–water partition coefficient (Wildman–Crippen LogP) is 14.2. The summed E-state index contributed by atoms with van der Waals surface area (Å²) in [6, 6.07) is 0. The van der Waals surface area contributed by atoms with Crippen LogP contribution in [0.5, 0.6) is 0 Å². The zero-order valence-electron chi connectivity index (χ0n) is 31.2. The first-order valence-electron chi connectivity index (χ1n) is 20.7. The molecule has 0 fully saturated rings. The average molecular weight is 649 g/mol. The van der Waals surface area contributed by atoms with Crippen LogP contribution in [0.4, 0.5) is 0 Å². The van der Waals surface area contributed by atoms with Gasteiger partial charge in [-0.3, -0.25) is 9.59 Å². The number of allylic oxidation sites excluding steroid dienone is 2. The van der Waals surface area contributed by atoms with Crippen LogP contribution in [0.1, 0.15) is 239 Å². The van der Waals surface area contributed by atoms with E-state index in [0.717, 1.165) is 44.9 Å². The van der Waals surface area contributed by atoms with Crippen molar-refractivity contribution in [3.05, 3.63) is 12.2 Å². The van der Waals surface area contributed by atoms with Gasteiger partial charge in [0.15, 0.2) is 0 Å². The lowest BCUT2D eigenvalue weighted by Crippen LogP contribution is -2.18. The number of carbonyl (C=O) groups excluding carboxylic acids is 1. The van der Waals surface area contributed by atoms with Gasteiger partial charge in [0.2, 0.25) is 0 Å². The molecule has 0 bridgehead atoms. The Hall–Kier alpha value is -1.32. The van der Waals surface area contributed by atoms with Crippen molar-refractivity contribution in [2.24, 2.45) is 0 Å². The molecule has 0 rings (SSSR count). The van der Waals surface area contributed by atoms with E-state index in [1.54, 1.807) is 0 Å². The standard InChI is InChI=1S/C42H80O4/c1-3-5-7-9-11-13-14-15-16-17-18-19-20-21-22-23-24-26-28-30-35-39-42(45)46-40(37-33-31-34-38-41(43)44)36-32-29-27-25-12-10-8-6-4-2/h15-16,40H,3-14,17-39H2,1-2H3,(H,43,44)/b16-15-. The minimum atomic E-state index is -0.722. The molecule has 0 aromatic heterocycles. The first-order chi connectivity index (χ1) is 22.6. The molecule has 4 heteroatoms. The second-order valence-electron chi connectivity index (χ2n) is 14.2. The molecule has 0 saturated heterocycles. The Balaban J connectivity index is 3.77. The molecule has 272 valence electrons. The SMILES string of the molecule is CCCCCCCC/C=C\CCCCCCCCCCCCCC(=O)OC(CCCCCCCCCCC)CCCCCC(=O)O. The summed E-state index contributed by atoms with van der Waals surface area (Å²) >= 11 is 0. The third kappa shape index (κ3) is 37.1. The molecule has 0 spiro atoms. The molecule has 1 atom stereocenters. The Bertz CT molecular complexity index is 658. The van der Waals surface area contributed by atoms with Gasteiger partial charge in [0.05, 0.1) is 0 Å². The third-order valence-electron chi connectivity index (χ3n) is 9.49. The van der Waals surface area contributed by atoms with Crippen molar-refractivity contribution in [1.82, 2.24) is 0 Å². The summed E-state index contributed by atoms with van der Waals surface area (Å²) in [6.45, 7) is 4.54. The molecule has 1 N–H and O–H groups in total. The number of hydrogen-bond acceptors (Lipinski definition) is 3. The zero-order valence-corrected chi connectivity index (χ0v) is 31.2. The quantitative estimate of drug-likeness (QED) is 0.0411. The molecular formula is C42H80O4. The van der Waals surface area contributed by atoms with E-state index in [2.05, 4.69) is 26.0 Å². The van der Waals surface area contributed by atoms with E-state index in [1.807, 2.05) is 0 Å². The lowest BCUT2D eigenvalue weighted by molar-refractivity contribution is -0.150. The number of carbonyl (C=O) groups is 2. The largest absolute Gasteiger partial charge is 0.481 e. The molecule has 0 aromatic rings. The van der Waals surface area contributed by atoms with Crippen molar-refractivity contribution in [2.45, 2.75) is 245 Å². The van der Waals surface area contributed by atoms with Crippen LogP contribution in [0.2, 0.25) is 0 Å². The molecule has 0 radical (unpaired) electrons. The fourth-order valence-corrected chi connectivity index (χ4v) is 6.42. The Morgan fingerprint density at radius 3 is 1.20 bits per heavy atom. The fourth-order valence-electron chi connectivity index (χ4n) is 6.42. The Labute approximate surface area is 287 Å². The predicted molar refractivity (Wildman–Crippen MR) is 200 cm³/mol. The van der Waals surface area contributed by atoms with E-state index in [9.17, 15) is 9.59 Å². The average Bonchev–Trinajstić information content (AvgIpc) is 3.04. The van der Waals surface area contributed by atoms with Gasteiger partial charge in [0.25, 0.3) is 0 Å². The highest BCUT2D eigenvalue weighted by Crippen LogP contribution is 2.19. The van der Waals surface area contributed by atoms with Gasteiger partial charge in [-0.15, -0.1) is 0 Å². The molecule has 0 aromatic carbocycles. The number of esters is 1. The van der Waals surface area contributed by atoms with E-state index in [-0.39, 0.29) is 18.5 Å². The van der Waals surface area contributed by atoms with Crippen molar-refractivity contribution in [1.29, 1.82) is 0 Å². The minimum absolute atomic E-state index is 0.00764. The van der Waals surface area contributed by atoms with Crippen molar-refractivity contribution < 1.29 is 19.4 Å². The number of rotatable bonds is 38. The highest BCUT2D eigenvalue weighted by molar-refractivity contribution is 5.69. The van der Waals surface area contributed by atoms with Crippen LogP contribution in [0, 0.1) is 0 Å². The summed E-state index contributed by atoms with van der Waals surface area (Å²) in [4.78, 5) is 23.4. The third-order valence-corrected chi connectivity index (χ3v) is 9.49. The fraction of sp³-hybridized carbons (Fsp3) is 0.905. The molecule has 1 unspecified atom stereocenters. The molecule has 0 aliphatic carbocycles. The highest BCUT2D eigenvalue weighted by atomic mass is 16.5. The highest BCUT2D eigenvalue weighted by Gasteiger charge is 2.14. The van der Waals surface area contributed by atoms with E-state index in [0.29, 0.717) is 12.8 Å². The Morgan fingerprint density at radius 1 is 0.457 bits per heavy atom. The second-order valence-corrected chi connectivity index (χ2v) is 14.2. The Kier molecular flexibility index (Phi) is 37.0. The minimum Gasteiger partial charge on any atom is -0.481 e. The van der Waals surface area contributed by atoms with Crippen LogP contribution >= 0.6 is 0 Å². The second kappa shape index (κ2) is 38.1. The molecule has 0 aliphatic heterocycles. The molecule has 4 nitrogen and oxygen atoms in total. The number of aliphatic carboxylic acids is 1. The summed E-state index contributed by atoms with van der Waals surface area (Å²) < 4.78 is 5.94. The van der Waals surface area contributed by atoms with Crippen LogP contribution in [0.3, 0.4) is 0 Å². The van der Waals surface area contributed by atoms with Gasteiger partial charge in [0, 0.05) is 12.8 Å². The lowest BCUT2D eigenvalue weighted by Gasteiger charge is -2.18. The molecule has 0 saturated carbocycles. The maximum atomic E-state index is 12.6. The first kappa shape index (κ1) is 44.7. The topological polar surface area (TPSA) is 63.6 Å². The van der Waals surface area contributed by atoms with Crippen LogP contribution in [0.15, 0.2) is 12.2 Å². The molecule has 0 aliphatic rings. The van der Waals surface area contributed by atoms with Crippen molar-refractivity contribution in [3.8, 4) is 0 Å². The Morgan fingerprint density at radius 2 is 0.783 bits per heavy atom. The van der Waals surface area contributed by atoms with Crippen LogP contribution < -0.4 is 0 Å². The molecular weight excluding hydrogens is 568 g/mol. The van der Waals surface area contributed by atoms with Crippen molar-refractivity contribution in [3.63, 3.8) is 0 Å². The maximum absolute atomic E-state index is 12.6. The van der Waals surface area contributed by atoms with Gasteiger partial charge in [-0.2, -0.15) is 0 Å². The lowest BCUT2D eigenvalue weighted by atomic mass is 10.0. The number of ether oxygens (including phenoxy) is 1. The van der Waals surface area contributed by atoms with Crippen molar-refractivity contribution >= 4 is 11.9 Å². The number of carboxylic acid groups (broad SMARTS) is 1. The van der Waals surface area contributed by atoms with Gasteiger partial charge >= 0.3 is 11.9 Å². The zero-order chi connectivity index (χ0) is 33.6.